The van der Waals surface area contributed by atoms with Crippen LogP contribution in [0, 0.1) is 5.92 Å². The Balaban J connectivity index is 1.63. The summed E-state index contributed by atoms with van der Waals surface area (Å²) in [5.74, 6) is 0.900. The van der Waals surface area contributed by atoms with Gasteiger partial charge in [0.1, 0.15) is 11.5 Å². The van der Waals surface area contributed by atoms with E-state index in [0.717, 1.165) is 16.5 Å². The van der Waals surface area contributed by atoms with E-state index >= 15 is 0 Å². The maximum atomic E-state index is 11.8. The number of halogens is 2. The van der Waals surface area contributed by atoms with Crippen molar-refractivity contribution in [3.8, 4) is 22.6 Å². The maximum Gasteiger partial charge on any atom is 0.308 e. The zero-order chi connectivity index (χ0) is 23.7. The number of ether oxygens (including phenoxy) is 3. The Kier molecular flexibility index (Phi) is 6.78. The number of nitrogens with two attached hydrogens (primary N) is 1. The number of hydrogen-bond donors (Lipinski definition) is 2. The molecule has 1 unspecified atom stereocenters. The molecule has 0 bridgehead atoms. The van der Waals surface area contributed by atoms with Gasteiger partial charge < -0.3 is 25.3 Å². The van der Waals surface area contributed by atoms with E-state index in [1.807, 2.05) is 18.2 Å². The van der Waals surface area contributed by atoms with E-state index in [-0.39, 0.29) is 24.0 Å². The highest BCUT2D eigenvalue weighted by Crippen LogP contribution is 2.46. The number of carbonyl (C=O) groups is 1. The number of nitrogens with one attached hydrogen (secondary N) is 1. The fraction of sp³-hybridized carbons (Fsp3) is 0.348. The lowest BCUT2D eigenvalue weighted by Gasteiger charge is -2.17. The first kappa shape index (κ1) is 23.4. The quantitative estimate of drug-likeness (QED) is 0.491. The summed E-state index contributed by atoms with van der Waals surface area (Å²) in [4.78, 5) is 20.9. The summed E-state index contributed by atoms with van der Waals surface area (Å²) >= 11 is 13.1. The van der Waals surface area contributed by atoms with E-state index in [1.54, 1.807) is 12.3 Å². The third-order valence-electron chi connectivity index (χ3n) is 5.90. The second-order valence-electron chi connectivity index (χ2n) is 7.86. The van der Waals surface area contributed by atoms with Gasteiger partial charge in [-0.2, -0.15) is 0 Å². The van der Waals surface area contributed by atoms with Crippen molar-refractivity contribution in [2.75, 3.05) is 26.6 Å². The van der Waals surface area contributed by atoms with Crippen molar-refractivity contribution in [2.24, 2.45) is 11.7 Å². The molecule has 3 N–H and O–H groups in total. The number of anilines is 1. The number of carbonyl (C=O) groups excluding carboxylic acids is 1. The molecule has 0 amide bonds. The van der Waals surface area contributed by atoms with Crippen LogP contribution in [0.2, 0.25) is 10.0 Å². The molecular weight excluding hydrogens is 467 g/mol. The summed E-state index contributed by atoms with van der Waals surface area (Å²) < 4.78 is 15.6. The van der Waals surface area contributed by atoms with Gasteiger partial charge in [-0.1, -0.05) is 29.3 Å². The fourth-order valence-corrected chi connectivity index (χ4v) is 4.88. The van der Waals surface area contributed by atoms with E-state index < -0.39 is 0 Å². The van der Waals surface area contributed by atoms with Crippen LogP contribution in [0.1, 0.15) is 12.8 Å². The SMILES string of the molecule is COC(=O)C1C[C@H](N)[C@H](Nc2ncc3cc(-c4c(Cl)c(OC)cc(OC)c4Cl)ccc3n2)C1. The van der Waals surface area contributed by atoms with Gasteiger partial charge in [-0.3, -0.25) is 4.79 Å². The van der Waals surface area contributed by atoms with Crippen LogP contribution in [0.5, 0.6) is 11.5 Å². The number of nitrogens with zero attached hydrogens (tertiary/aromatic N) is 2. The number of benzene rings is 2. The lowest BCUT2D eigenvalue weighted by molar-refractivity contribution is -0.145. The molecule has 1 aliphatic carbocycles. The predicted molar refractivity (Wildman–Crippen MR) is 128 cm³/mol. The summed E-state index contributed by atoms with van der Waals surface area (Å²) in [6.07, 6.45) is 2.85. The van der Waals surface area contributed by atoms with Crippen molar-refractivity contribution in [2.45, 2.75) is 24.9 Å². The lowest BCUT2D eigenvalue weighted by atomic mass is 10.0. The molecule has 1 aliphatic rings. The Morgan fingerprint density at radius 1 is 1.09 bits per heavy atom. The second kappa shape index (κ2) is 9.59. The minimum absolute atomic E-state index is 0.118. The zero-order valence-electron chi connectivity index (χ0n) is 18.4. The van der Waals surface area contributed by atoms with Crippen LogP contribution < -0.4 is 20.5 Å². The second-order valence-corrected chi connectivity index (χ2v) is 8.61. The third kappa shape index (κ3) is 4.51. The van der Waals surface area contributed by atoms with E-state index in [4.69, 9.17) is 43.1 Å². The molecular formula is C23H24Cl2N4O4. The highest BCUT2D eigenvalue weighted by molar-refractivity contribution is 6.41. The van der Waals surface area contributed by atoms with Gasteiger partial charge in [-0.05, 0) is 30.5 Å². The molecule has 174 valence electrons. The highest BCUT2D eigenvalue weighted by atomic mass is 35.5. The number of methoxy groups -OCH3 is 3. The predicted octanol–water partition coefficient (Wildman–Crippen LogP) is 4.31. The number of fused-ring (bicyclic) bond motifs is 1. The number of rotatable bonds is 6. The molecule has 1 saturated carbocycles. The zero-order valence-corrected chi connectivity index (χ0v) is 19.9. The van der Waals surface area contributed by atoms with E-state index in [0.29, 0.717) is 45.9 Å². The van der Waals surface area contributed by atoms with Crippen molar-refractivity contribution in [1.29, 1.82) is 0 Å². The summed E-state index contributed by atoms with van der Waals surface area (Å²) in [6, 6.07) is 6.98. The van der Waals surface area contributed by atoms with Gasteiger partial charge in [0.25, 0.3) is 0 Å². The first-order chi connectivity index (χ1) is 15.9. The molecule has 4 rings (SSSR count). The maximum absolute atomic E-state index is 11.8. The van der Waals surface area contributed by atoms with Gasteiger partial charge in [-0.15, -0.1) is 0 Å². The minimum Gasteiger partial charge on any atom is -0.495 e. The van der Waals surface area contributed by atoms with Gasteiger partial charge in [0, 0.05) is 35.3 Å². The number of aromatic nitrogens is 2. The monoisotopic (exact) mass is 490 g/mol. The van der Waals surface area contributed by atoms with E-state index in [2.05, 4.69) is 15.3 Å². The van der Waals surface area contributed by atoms with Crippen molar-refractivity contribution in [3.05, 3.63) is 40.5 Å². The number of esters is 1. The molecule has 1 fully saturated rings. The molecule has 0 saturated heterocycles. The lowest BCUT2D eigenvalue weighted by Crippen LogP contribution is -2.35. The van der Waals surface area contributed by atoms with Gasteiger partial charge >= 0.3 is 5.97 Å². The molecule has 1 heterocycles. The molecule has 3 aromatic rings. The summed E-state index contributed by atoms with van der Waals surface area (Å²) in [7, 11) is 4.45. The highest BCUT2D eigenvalue weighted by Gasteiger charge is 2.36. The first-order valence-electron chi connectivity index (χ1n) is 10.3. The van der Waals surface area contributed by atoms with E-state index in [9.17, 15) is 4.79 Å². The van der Waals surface area contributed by atoms with Crippen LogP contribution in [-0.2, 0) is 9.53 Å². The van der Waals surface area contributed by atoms with Crippen molar-refractivity contribution in [3.63, 3.8) is 0 Å². The van der Waals surface area contributed by atoms with Crippen LogP contribution in [-0.4, -0.2) is 49.4 Å². The Hall–Kier alpha value is -2.81. The van der Waals surface area contributed by atoms with Gasteiger partial charge in [-0.25, -0.2) is 9.97 Å². The summed E-state index contributed by atoms with van der Waals surface area (Å²) in [5.41, 5.74) is 8.32. The normalized spacial score (nSPS) is 20.0. The fourth-order valence-electron chi connectivity index (χ4n) is 4.16. The van der Waals surface area contributed by atoms with Crippen molar-refractivity contribution < 1.29 is 19.0 Å². The van der Waals surface area contributed by atoms with Crippen molar-refractivity contribution in [1.82, 2.24) is 9.97 Å². The molecule has 0 spiro atoms. The minimum atomic E-state index is -0.242. The van der Waals surface area contributed by atoms with Crippen molar-refractivity contribution >= 4 is 46.0 Å². The molecule has 1 aromatic heterocycles. The molecule has 2 aromatic carbocycles. The Morgan fingerprint density at radius 3 is 2.42 bits per heavy atom. The average Bonchev–Trinajstić information content (AvgIpc) is 3.18. The Morgan fingerprint density at radius 2 is 1.79 bits per heavy atom. The van der Waals surface area contributed by atoms with Gasteiger partial charge in [0.15, 0.2) is 0 Å². The largest absolute Gasteiger partial charge is 0.495 e. The number of hydrogen-bond acceptors (Lipinski definition) is 8. The average molecular weight is 491 g/mol. The summed E-state index contributed by atoms with van der Waals surface area (Å²) in [5, 5.41) is 4.83. The first-order valence-corrected chi connectivity index (χ1v) is 11.1. The van der Waals surface area contributed by atoms with Crippen LogP contribution in [0.15, 0.2) is 30.5 Å². The topological polar surface area (TPSA) is 109 Å². The van der Waals surface area contributed by atoms with Crippen LogP contribution >= 0.6 is 23.2 Å². The molecule has 10 heteroatoms. The molecule has 3 atom stereocenters. The van der Waals surface area contributed by atoms with Gasteiger partial charge in [0.05, 0.1) is 42.8 Å². The van der Waals surface area contributed by atoms with Crippen LogP contribution in [0.25, 0.3) is 22.0 Å². The Labute approximate surface area is 201 Å². The smallest absolute Gasteiger partial charge is 0.308 e. The summed E-state index contributed by atoms with van der Waals surface area (Å²) in [6.45, 7) is 0. The van der Waals surface area contributed by atoms with Crippen LogP contribution in [0.4, 0.5) is 5.95 Å². The Bertz CT molecular complexity index is 1180. The molecule has 0 aliphatic heterocycles. The molecule has 33 heavy (non-hydrogen) atoms. The van der Waals surface area contributed by atoms with Crippen LogP contribution in [0.3, 0.4) is 0 Å². The van der Waals surface area contributed by atoms with E-state index in [1.165, 1.54) is 21.3 Å². The standard InChI is InChI=1S/C23H24Cl2N4O4/c1-31-17-9-18(32-2)21(25)19(20(17)24)11-4-5-15-13(6-11)10-27-23(28-15)29-16-8-12(7-14(16)26)22(30)33-3/h4-6,9-10,12,14,16H,7-8,26H2,1-3H3,(H,27,28,29)/t12?,14-,16+/m0/s1. The molecule has 8 nitrogen and oxygen atoms in total. The third-order valence-corrected chi connectivity index (χ3v) is 6.65. The van der Waals surface area contributed by atoms with Gasteiger partial charge in [0.2, 0.25) is 5.95 Å². The molecule has 0 radical (unpaired) electrons.